The van der Waals surface area contributed by atoms with E-state index >= 15 is 0 Å². The molecule has 3 amide bonds. The van der Waals surface area contributed by atoms with Crippen molar-refractivity contribution in [2.24, 2.45) is 0 Å². The van der Waals surface area contributed by atoms with Crippen LogP contribution in [0.5, 0.6) is 0 Å². The zero-order chi connectivity index (χ0) is 34.0. The van der Waals surface area contributed by atoms with E-state index in [1.807, 2.05) is 30.3 Å². The summed E-state index contributed by atoms with van der Waals surface area (Å²) in [6.07, 6.45) is -0.177. The molecule has 1 saturated heterocycles. The summed E-state index contributed by atoms with van der Waals surface area (Å²) in [6, 6.07) is 16.3. The van der Waals surface area contributed by atoms with Gasteiger partial charge in [-0.1, -0.05) is 42.5 Å². The van der Waals surface area contributed by atoms with Crippen molar-refractivity contribution in [2.75, 3.05) is 24.7 Å². The normalized spacial score (nSPS) is 18.0. The van der Waals surface area contributed by atoms with Crippen LogP contribution in [0.1, 0.15) is 58.7 Å². The van der Waals surface area contributed by atoms with E-state index in [1.165, 1.54) is 54.4 Å². The summed E-state index contributed by atoms with van der Waals surface area (Å²) < 4.78 is 39.2. The Balaban J connectivity index is 1.67. The molecule has 4 rings (SSSR count). The highest BCUT2D eigenvalue weighted by Crippen LogP contribution is 2.25. The Morgan fingerprint density at radius 2 is 1.59 bits per heavy atom. The summed E-state index contributed by atoms with van der Waals surface area (Å²) in [7, 11) is -0.854. The van der Waals surface area contributed by atoms with Gasteiger partial charge in [0.2, 0.25) is 15.9 Å². The van der Waals surface area contributed by atoms with Crippen molar-refractivity contribution in [2.45, 2.75) is 57.1 Å². The molecule has 13 heteroatoms. The van der Waals surface area contributed by atoms with Crippen LogP contribution >= 0.6 is 0 Å². The van der Waals surface area contributed by atoms with Gasteiger partial charge in [-0.25, -0.2) is 12.8 Å². The molecular formula is C33H40FN5O6S. The minimum Gasteiger partial charge on any atom is -0.389 e. The lowest BCUT2D eigenvalue weighted by molar-refractivity contribution is -0.132. The van der Waals surface area contributed by atoms with E-state index in [9.17, 15) is 32.3 Å². The van der Waals surface area contributed by atoms with Crippen LogP contribution in [0.2, 0.25) is 0 Å². The lowest BCUT2D eigenvalue weighted by Gasteiger charge is -2.29. The number of hydrogen-bond acceptors (Lipinski definition) is 7. The van der Waals surface area contributed by atoms with E-state index < -0.39 is 57.5 Å². The third kappa shape index (κ3) is 7.90. The number of likely N-dealkylation sites (N-methyl/N-ethyl adjacent to an activating group) is 1. The fourth-order valence-electron chi connectivity index (χ4n) is 5.23. The van der Waals surface area contributed by atoms with Crippen molar-refractivity contribution in [3.8, 4) is 0 Å². The van der Waals surface area contributed by atoms with Gasteiger partial charge in [0, 0.05) is 25.2 Å². The monoisotopic (exact) mass is 653 g/mol. The molecule has 11 nitrogen and oxygen atoms in total. The molecule has 1 aliphatic rings. The van der Waals surface area contributed by atoms with Crippen LogP contribution in [0.3, 0.4) is 0 Å². The van der Waals surface area contributed by atoms with Crippen LogP contribution in [-0.4, -0.2) is 80.3 Å². The highest BCUT2D eigenvalue weighted by atomic mass is 32.2. The Hall–Kier alpha value is -4.33. The second-order valence-electron chi connectivity index (χ2n) is 12.1. The smallest absolute Gasteiger partial charge is 0.251 e. The molecule has 46 heavy (non-hydrogen) atoms. The summed E-state index contributed by atoms with van der Waals surface area (Å²) in [5, 5.41) is 20.3. The number of nitrogens with one attached hydrogen (secondary N) is 3. The van der Waals surface area contributed by atoms with Crippen LogP contribution in [-0.2, 0) is 21.2 Å². The first-order valence-electron chi connectivity index (χ1n) is 14.7. The van der Waals surface area contributed by atoms with Gasteiger partial charge in [0.25, 0.3) is 11.8 Å². The number of aliphatic hydroxyl groups is 1. The summed E-state index contributed by atoms with van der Waals surface area (Å²) in [5.74, 6) is -2.05. The number of amides is 3. The number of halogens is 1. The molecule has 1 aliphatic heterocycles. The second kappa shape index (κ2) is 13.6. The van der Waals surface area contributed by atoms with Crippen LogP contribution in [0.15, 0.2) is 72.8 Å². The van der Waals surface area contributed by atoms with E-state index in [4.69, 9.17) is 0 Å². The van der Waals surface area contributed by atoms with Crippen molar-refractivity contribution in [1.82, 2.24) is 20.9 Å². The number of anilines is 1. The van der Waals surface area contributed by atoms with Gasteiger partial charge >= 0.3 is 0 Å². The zero-order valence-corrected chi connectivity index (χ0v) is 27.4. The molecule has 3 aromatic carbocycles. The van der Waals surface area contributed by atoms with Gasteiger partial charge < -0.3 is 20.6 Å². The minimum atomic E-state index is -3.78. The molecular weight excluding hydrogens is 613 g/mol. The standard InChI is InChI=1S/C33H40FN5O6S/c1-20(22-12-14-25(34)15-13-22)35-30(41)23-17-24(19-26(18-23)39(5)46(6,44)45)31(42)36-27(16-21-10-8-7-9-11-21)29(40)28-32(43)38(4)33(2,3)37-28/h7-15,17-20,27-29,37,40H,16H2,1-6H3,(H,35,41)(H,36,42)/t20-,27?,28+,29+/m1/s1. The number of carbonyl (C=O) groups is 3. The Labute approximate surface area is 268 Å². The van der Waals surface area contributed by atoms with Gasteiger partial charge in [-0.3, -0.25) is 24.0 Å². The Bertz CT molecular complexity index is 1700. The third-order valence-corrected chi connectivity index (χ3v) is 9.54. The van der Waals surface area contributed by atoms with Crippen molar-refractivity contribution < 1.29 is 32.3 Å². The SMILES string of the molecule is C[C@@H](NC(=O)c1cc(C(=O)NC(Cc2ccccc2)[C@H](O)[C@@H]2NC(C)(C)N(C)C2=O)cc(N(C)S(C)(=O)=O)c1)c1ccc(F)cc1. The number of sulfonamides is 1. The molecule has 1 fully saturated rings. The maximum Gasteiger partial charge on any atom is 0.251 e. The molecule has 3 aromatic rings. The highest BCUT2D eigenvalue weighted by molar-refractivity contribution is 7.92. The van der Waals surface area contributed by atoms with Crippen molar-refractivity contribution in [1.29, 1.82) is 0 Å². The number of benzene rings is 3. The molecule has 0 aromatic heterocycles. The second-order valence-corrected chi connectivity index (χ2v) is 14.1. The molecule has 4 atom stereocenters. The average molecular weight is 654 g/mol. The van der Waals surface area contributed by atoms with Gasteiger partial charge in [0.1, 0.15) is 11.9 Å². The highest BCUT2D eigenvalue weighted by Gasteiger charge is 2.47. The molecule has 4 N–H and O–H groups in total. The molecule has 0 aliphatic carbocycles. The Morgan fingerprint density at radius 3 is 2.11 bits per heavy atom. The molecule has 0 radical (unpaired) electrons. The van der Waals surface area contributed by atoms with Crippen LogP contribution in [0.4, 0.5) is 10.1 Å². The van der Waals surface area contributed by atoms with Crippen molar-refractivity contribution >= 4 is 33.4 Å². The first-order chi connectivity index (χ1) is 21.5. The number of aliphatic hydroxyl groups excluding tert-OH is 1. The predicted molar refractivity (Wildman–Crippen MR) is 173 cm³/mol. The maximum atomic E-state index is 13.8. The predicted octanol–water partition coefficient (Wildman–Crippen LogP) is 2.58. The largest absolute Gasteiger partial charge is 0.389 e. The Morgan fingerprint density at radius 1 is 1.02 bits per heavy atom. The van der Waals surface area contributed by atoms with E-state index in [1.54, 1.807) is 27.8 Å². The first kappa shape index (κ1) is 34.5. The fraction of sp³-hybridized carbons (Fsp3) is 0.364. The number of rotatable bonds is 11. The molecule has 1 unspecified atom stereocenters. The quantitative estimate of drug-likeness (QED) is 0.249. The molecule has 0 spiro atoms. The van der Waals surface area contributed by atoms with Gasteiger partial charge in [0.15, 0.2) is 0 Å². The summed E-state index contributed by atoms with van der Waals surface area (Å²) >= 11 is 0. The van der Waals surface area contributed by atoms with Crippen molar-refractivity contribution in [3.05, 3.63) is 101 Å². The van der Waals surface area contributed by atoms with Crippen LogP contribution in [0, 0.1) is 5.82 Å². The lowest BCUT2D eigenvalue weighted by atomic mass is 9.95. The van der Waals surface area contributed by atoms with Crippen molar-refractivity contribution in [3.63, 3.8) is 0 Å². The third-order valence-electron chi connectivity index (χ3n) is 8.33. The number of carbonyl (C=O) groups excluding carboxylic acids is 3. The van der Waals surface area contributed by atoms with Gasteiger partial charge in [-0.15, -0.1) is 0 Å². The Kier molecular flexibility index (Phi) is 10.2. The number of hydrogen-bond donors (Lipinski definition) is 4. The van der Waals surface area contributed by atoms with E-state index in [-0.39, 0.29) is 29.1 Å². The maximum absolute atomic E-state index is 13.8. The topological polar surface area (TPSA) is 148 Å². The molecule has 0 saturated carbocycles. The van der Waals surface area contributed by atoms with Crippen LogP contribution in [0.25, 0.3) is 0 Å². The summed E-state index contributed by atoms with van der Waals surface area (Å²) in [5.41, 5.74) is 0.723. The lowest BCUT2D eigenvalue weighted by Crippen LogP contribution is -2.55. The van der Waals surface area contributed by atoms with Gasteiger partial charge in [-0.2, -0.15) is 0 Å². The van der Waals surface area contributed by atoms with Gasteiger partial charge in [-0.05, 0) is 68.7 Å². The minimum absolute atomic E-state index is 0.00304. The van der Waals surface area contributed by atoms with E-state index in [0.29, 0.717) is 5.56 Å². The summed E-state index contributed by atoms with van der Waals surface area (Å²) in [6.45, 7) is 5.31. The zero-order valence-electron chi connectivity index (χ0n) is 26.6. The van der Waals surface area contributed by atoms with E-state index in [2.05, 4.69) is 16.0 Å². The number of nitrogens with zero attached hydrogens (tertiary/aromatic N) is 2. The average Bonchev–Trinajstić information content (AvgIpc) is 3.22. The first-order valence-corrected chi connectivity index (χ1v) is 16.6. The molecule has 1 heterocycles. The fourth-order valence-corrected chi connectivity index (χ4v) is 5.71. The van der Waals surface area contributed by atoms with E-state index in [0.717, 1.165) is 16.1 Å². The molecule has 246 valence electrons. The van der Waals surface area contributed by atoms with Gasteiger partial charge in [0.05, 0.1) is 35.8 Å². The van der Waals surface area contributed by atoms with Crippen LogP contribution < -0.4 is 20.3 Å². The summed E-state index contributed by atoms with van der Waals surface area (Å²) in [4.78, 5) is 41.8. The molecule has 0 bridgehead atoms.